The molecule has 0 unspecified atom stereocenters. The van der Waals surface area contributed by atoms with Crippen molar-refractivity contribution in [3.63, 3.8) is 0 Å². The summed E-state index contributed by atoms with van der Waals surface area (Å²) < 4.78 is 6.82. The highest BCUT2D eigenvalue weighted by molar-refractivity contribution is 7.16. The van der Waals surface area contributed by atoms with Gasteiger partial charge in [-0.2, -0.15) is 0 Å². The maximum Gasteiger partial charge on any atom is 0.294 e. The minimum absolute atomic E-state index is 0.0784. The molecule has 118 valence electrons. The van der Waals surface area contributed by atoms with Gasteiger partial charge in [0, 0.05) is 31.5 Å². The number of benzene rings is 1. The van der Waals surface area contributed by atoms with Crippen LogP contribution in [0.4, 0.5) is 0 Å². The minimum Gasteiger partial charge on any atom is -0.465 e. The summed E-state index contributed by atoms with van der Waals surface area (Å²) in [5, 5.41) is 8.26. The fourth-order valence-electron chi connectivity index (χ4n) is 2.70. The Balaban J connectivity index is 1.40. The van der Waals surface area contributed by atoms with E-state index in [1.54, 1.807) is 22.4 Å². The van der Waals surface area contributed by atoms with Crippen LogP contribution in [-0.2, 0) is 0 Å². The first kappa shape index (κ1) is 14.5. The zero-order valence-corrected chi connectivity index (χ0v) is 13.8. The van der Waals surface area contributed by atoms with Crippen LogP contribution >= 0.6 is 22.7 Å². The molecular formula is C15H14N4O2S2. The molecule has 0 spiro atoms. The van der Waals surface area contributed by atoms with Crippen LogP contribution < -0.4 is 4.74 Å². The number of hydrogen-bond acceptors (Lipinski definition) is 7. The SMILES string of the molecule is O=C(c1ccc2ncsc2c1)N1CCC(Oc2nncs2)CC1. The Morgan fingerprint density at radius 2 is 2.09 bits per heavy atom. The monoisotopic (exact) mass is 346 g/mol. The summed E-state index contributed by atoms with van der Waals surface area (Å²) in [6.45, 7) is 1.39. The van der Waals surface area contributed by atoms with Crippen LogP contribution in [0.2, 0.25) is 0 Å². The second-order valence-corrected chi connectivity index (χ2v) is 7.03. The van der Waals surface area contributed by atoms with Crippen LogP contribution in [-0.4, -0.2) is 45.2 Å². The maximum absolute atomic E-state index is 12.6. The summed E-state index contributed by atoms with van der Waals surface area (Å²) in [4.78, 5) is 18.8. The first-order valence-corrected chi connectivity index (χ1v) is 9.11. The smallest absolute Gasteiger partial charge is 0.294 e. The van der Waals surface area contributed by atoms with Crippen LogP contribution in [0.25, 0.3) is 10.2 Å². The molecule has 1 aliphatic rings. The highest BCUT2D eigenvalue weighted by atomic mass is 32.1. The molecule has 3 aromatic rings. The number of aromatic nitrogens is 3. The third kappa shape index (κ3) is 3.04. The Hall–Kier alpha value is -2.06. The molecule has 1 amide bonds. The van der Waals surface area contributed by atoms with Gasteiger partial charge >= 0.3 is 0 Å². The van der Waals surface area contributed by atoms with E-state index in [-0.39, 0.29) is 12.0 Å². The third-order valence-corrected chi connectivity index (χ3v) is 5.29. The number of amides is 1. The van der Waals surface area contributed by atoms with Crippen molar-refractivity contribution in [2.45, 2.75) is 18.9 Å². The van der Waals surface area contributed by atoms with Crippen molar-refractivity contribution in [2.24, 2.45) is 0 Å². The van der Waals surface area contributed by atoms with Gasteiger partial charge in [0.05, 0.1) is 15.7 Å². The van der Waals surface area contributed by atoms with Gasteiger partial charge in [-0.1, -0.05) is 11.3 Å². The highest BCUT2D eigenvalue weighted by Crippen LogP contribution is 2.23. The zero-order chi connectivity index (χ0) is 15.6. The van der Waals surface area contributed by atoms with E-state index in [2.05, 4.69) is 15.2 Å². The van der Waals surface area contributed by atoms with Gasteiger partial charge < -0.3 is 9.64 Å². The number of carbonyl (C=O) groups is 1. The summed E-state index contributed by atoms with van der Waals surface area (Å²) in [6, 6.07) is 5.69. The average molecular weight is 346 g/mol. The lowest BCUT2D eigenvalue weighted by Crippen LogP contribution is -2.41. The van der Waals surface area contributed by atoms with E-state index < -0.39 is 0 Å². The van der Waals surface area contributed by atoms with E-state index in [0.717, 1.165) is 28.6 Å². The predicted octanol–water partition coefficient (Wildman–Crippen LogP) is 2.83. The summed E-state index contributed by atoms with van der Waals surface area (Å²) in [6.07, 6.45) is 1.73. The molecule has 0 atom stereocenters. The van der Waals surface area contributed by atoms with E-state index in [9.17, 15) is 4.79 Å². The number of hydrogen-bond donors (Lipinski definition) is 0. The molecule has 0 aliphatic carbocycles. The molecule has 2 aromatic heterocycles. The molecule has 0 bridgehead atoms. The Bertz CT molecular complexity index is 810. The number of ether oxygens (including phenoxy) is 1. The first-order valence-electron chi connectivity index (χ1n) is 7.35. The Morgan fingerprint density at radius 1 is 1.22 bits per heavy atom. The molecule has 6 nitrogen and oxygen atoms in total. The number of fused-ring (bicyclic) bond motifs is 1. The summed E-state index contributed by atoms with van der Waals surface area (Å²) in [5.74, 6) is 0.0784. The molecule has 23 heavy (non-hydrogen) atoms. The molecule has 0 saturated carbocycles. The summed E-state index contributed by atoms with van der Waals surface area (Å²) in [5.41, 5.74) is 5.12. The number of rotatable bonds is 3. The van der Waals surface area contributed by atoms with E-state index in [1.807, 2.05) is 23.1 Å². The lowest BCUT2D eigenvalue weighted by Gasteiger charge is -2.31. The predicted molar refractivity (Wildman–Crippen MR) is 89.1 cm³/mol. The lowest BCUT2D eigenvalue weighted by atomic mass is 10.1. The fraction of sp³-hybridized carbons (Fsp3) is 0.333. The molecular weight excluding hydrogens is 332 g/mol. The van der Waals surface area contributed by atoms with Crippen LogP contribution in [0.1, 0.15) is 23.2 Å². The number of nitrogens with zero attached hydrogens (tertiary/aromatic N) is 4. The van der Waals surface area contributed by atoms with Crippen molar-refractivity contribution < 1.29 is 9.53 Å². The third-order valence-electron chi connectivity index (χ3n) is 3.91. The fourth-order valence-corrected chi connectivity index (χ4v) is 3.89. The molecule has 1 saturated heterocycles. The maximum atomic E-state index is 12.6. The zero-order valence-electron chi connectivity index (χ0n) is 12.2. The number of likely N-dealkylation sites (tertiary alicyclic amines) is 1. The van der Waals surface area contributed by atoms with Gasteiger partial charge in [-0.25, -0.2) is 4.98 Å². The molecule has 0 radical (unpaired) electrons. The standard InChI is InChI=1S/C15H14N4O2S2/c20-14(10-1-2-12-13(7-10)22-8-16-12)19-5-3-11(4-6-19)21-15-18-17-9-23-15/h1-2,7-9,11H,3-6H2. The minimum atomic E-state index is 0.0784. The van der Waals surface area contributed by atoms with Crippen molar-refractivity contribution in [3.8, 4) is 5.19 Å². The van der Waals surface area contributed by atoms with Gasteiger partial charge in [0.1, 0.15) is 11.6 Å². The van der Waals surface area contributed by atoms with E-state index in [4.69, 9.17) is 4.74 Å². The molecule has 1 aliphatic heterocycles. The van der Waals surface area contributed by atoms with Crippen LogP contribution in [0.3, 0.4) is 0 Å². The van der Waals surface area contributed by atoms with E-state index >= 15 is 0 Å². The lowest BCUT2D eigenvalue weighted by molar-refractivity contribution is 0.0594. The Morgan fingerprint density at radius 3 is 2.87 bits per heavy atom. The van der Waals surface area contributed by atoms with E-state index in [1.165, 1.54) is 11.3 Å². The normalized spacial score (nSPS) is 15.9. The van der Waals surface area contributed by atoms with Gasteiger partial charge in [-0.3, -0.25) is 4.79 Å². The largest absolute Gasteiger partial charge is 0.465 e. The molecule has 1 aromatic carbocycles. The van der Waals surface area contributed by atoms with Crippen LogP contribution in [0.5, 0.6) is 5.19 Å². The summed E-state index contributed by atoms with van der Waals surface area (Å²) >= 11 is 2.95. The van der Waals surface area contributed by atoms with Crippen molar-refractivity contribution in [2.75, 3.05) is 13.1 Å². The summed E-state index contributed by atoms with van der Waals surface area (Å²) in [7, 11) is 0. The van der Waals surface area contributed by atoms with Crippen molar-refractivity contribution >= 4 is 38.8 Å². The van der Waals surface area contributed by atoms with Crippen molar-refractivity contribution in [3.05, 3.63) is 34.8 Å². The van der Waals surface area contributed by atoms with Gasteiger partial charge in [0.2, 0.25) is 0 Å². The van der Waals surface area contributed by atoms with Gasteiger partial charge in [0.25, 0.3) is 11.1 Å². The average Bonchev–Trinajstić information content (AvgIpc) is 3.25. The first-order chi connectivity index (χ1) is 11.3. The topological polar surface area (TPSA) is 68.2 Å². The van der Waals surface area contributed by atoms with Crippen molar-refractivity contribution in [1.82, 2.24) is 20.1 Å². The number of piperidine rings is 1. The quantitative estimate of drug-likeness (QED) is 0.729. The molecule has 0 N–H and O–H groups in total. The molecule has 4 rings (SSSR count). The Labute approximate surface area is 140 Å². The second-order valence-electron chi connectivity index (χ2n) is 5.35. The van der Waals surface area contributed by atoms with E-state index in [0.29, 0.717) is 18.3 Å². The second kappa shape index (κ2) is 6.21. The van der Waals surface area contributed by atoms with Crippen molar-refractivity contribution in [1.29, 1.82) is 0 Å². The number of thiazole rings is 1. The highest BCUT2D eigenvalue weighted by Gasteiger charge is 2.25. The van der Waals surface area contributed by atoms with Gasteiger partial charge in [0.15, 0.2) is 0 Å². The number of carbonyl (C=O) groups excluding carboxylic acids is 1. The van der Waals surface area contributed by atoms with Gasteiger partial charge in [-0.15, -0.1) is 21.5 Å². The van der Waals surface area contributed by atoms with Crippen LogP contribution in [0.15, 0.2) is 29.2 Å². The molecule has 1 fully saturated rings. The molecule has 3 heterocycles. The molecule has 8 heteroatoms. The Kier molecular flexibility index (Phi) is 3.92. The van der Waals surface area contributed by atoms with Crippen LogP contribution in [0, 0.1) is 0 Å². The van der Waals surface area contributed by atoms with Gasteiger partial charge in [-0.05, 0) is 18.2 Å².